The number of rotatable bonds is 8. The molecule has 0 saturated heterocycles. The summed E-state index contributed by atoms with van der Waals surface area (Å²) in [7, 11) is 0. The van der Waals surface area contributed by atoms with Crippen LogP contribution in [0.25, 0.3) is 6.08 Å². The predicted molar refractivity (Wildman–Crippen MR) is 131 cm³/mol. The van der Waals surface area contributed by atoms with Gasteiger partial charge in [-0.2, -0.15) is 0 Å². The van der Waals surface area contributed by atoms with Crippen molar-refractivity contribution in [2.24, 2.45) is 0 Å². The number of carbonyl (C=O) groups is 2. The molecule has 3 aromatic rings. The molecule has 0 saturated carbocycles. The average molecular weight is 470 g/mol. The molecule has 1 heterocycles. The van der Waals surface area contributed by atoms with Crippen molar-refractivity contribution < 1.29 is 24.4 Å². The Labute approximate surface area is 201 Å². The molecule has 3 aromatic carbocycles. The first-order valence-corrected chi connectivity index (χ1v) is 10.9. The van der Waals surface area contributed by atoms with Crippen molar-refractivity contribution in [3.05, 3.63) is 118 Å². The summed E-state index contributed by atoms with van der Waals surface area (Å²) in [6.07, 6.45) is 2.86. The lowest BCUT2D eigenvalue weighted by molar-refractivity contribution is -0.384. The lowest BCUT2D eigenvalue weighted by Gasteiger charge is -2.26. The van der Waals surface area contributed by atoms with Crippen molar-refractivity contribution in [2.75, 3.05) is 11.5 Å². The van der Waals surface area contributed by atoms with Gasteiger partial charge in [-0.3, -0.25) is 24.6 Å². The molecule has 0 bridgehead atoms. The molecule has 1 atom stereocenters. The Morgan fingerprint density at radius 3 is 2.46 bits per heavy atom. The number of aliphatic hydroxyl groups is 1. The zero-order valence-electron chi connectivity index (χ0n) is 18.8. The smallest absolute Gasteiger partial charge is 0.294 e. The van der Waals surface area contributed by atoms with Gasteiger partial charge in [0, 0.05) is 17.8 Å². The van der Waals surface area contributed by atoms with Crippen LogP contribution in [0, 0.1) is 10.1 Å². The van der Waals surface area contributed by atoms with Gasteiger partial charge >= 0.3 is 0 Å². The van der Waals surface area contributed by atoms with Crippen LogP contribution in [0.5, 0.6) is 5.75 Å². The molecule has 0 aliphatic carbocycles. The monoisotopic (exact) mass is 470 g/mol. The van der Waals surface area contributed by atoms with Crippen molar-refractivity contribution in [2.45, 2.75) is 13.0 Å². The first-order valence-electron chi connectivity index (χ1n) is 10.9. The number of nitro groups is 1. The molecular formula is C27H22N2O6. The highest BCUT2D eigenvalue weighted by Gasteiger charge is 2.44. The molecule has 0 spiro atoms. The Kier molecular flexibility index (Phi) is 6.73. The molecule has 8 heteroatoms. The van der Waals surface area contributed by atoms with E-state index in [0.29, 0.717) is 23.6 Å². The number of ether oxygens (including phenoxy) is 1. The second-order valence-corrected chi connectivity index (χ2v) is 7.73. The summed E-state index contributed by atoms with van der Waals surface area (Å²) in [6.45, 7) is 2.31. The van der Waals surface area contributed by atoms with Crippen molar-refractivity contribution in [3.8, 4) is 5.75 Å². The normalized spacial score (nSPS) is 15.6. The number of nitrogens with zero attached hydrogens (tertiary/aromatic N) is 2. The van der Waals surface area contributed by atoms with Gasteiger partial charge in [0.25, 0.3) is 11.6 Å². The van der Waals surface area contributed by atoms with Crippen LogP contribution in [-0.4, -0.2) is 28.3 Å². The molecule has 1 aliphatic rings. The summed E-state index contributed by atoms with van der Waals surface area (Å²) in [5.41, 5.74) is 1.13. The summed E-state index contributed by atoms with van der Waals surface area (Å²) in [5, 5.41) is 22.2. The van der Waals surface area contributed by atoms with Gasteiger partial charge in [-0.15, -0.1) is 0 Å². The maximum atomic E-state index is 13.3. The molecule has 4 rings (SSSR count). The third-order valence-corrected chi connectivity index (χ3v) is 5.52. The number of anilines is 1. The van der Waals surface area contributed by atoms with Gasteiger partial charge in [-0.1, -0.05) is 48.5 Å². The van der Waals surface area contributed by atoms with Gasteiger partial charge in [0.15, 0.2) is 11.5 Å². The Hall–Kier alpha value is -4.72. The lowest BCUT2D eigenvalue weighted by atomic mass is 9.95. The van der Waals surface area contributed by atoms with Crippen molar-refractivity contribution >= 4 is 29.1 Å². The van der Waals surface area contributed by atoms with E-state index >= 15 is 0 Å². The molecule has 1 unspecified atom stereocenters. The van der Waals surface area contributed by atoms with Crippen molar-refractivity contribution in [1.82, 2.24) is 0 Å². The van der Waals surface area contributed by atoms with Crippen LogP contribution in [0.15, 0.2) is 96.3 Å². The first-order chi connectivity index (χ1) is 16.9. The third kappa shape index (κ3) is 4.81. The number of nitro benzene ring substituents is 1. The highest BCUT2D eigenvalue weighted by molar-refractivity contribution is 6.19. The summed E-state index contributed by atoms with van der Waals surface area (Å²) in [5.74, 6) is -1.46. The van der Waals surface area contributed by atoms with E-state index in [2.05, 4.69) is 0 Å². The molecule has 0 fully saturated rings. The number of aliphatic hydroxyl groups excluding tert-OH is 1. The number of hydrogen-bond donors (Lipinski definition) is 1. The quantitative estimate of drug-likeness (QED) is 0.276. The topological polar surface area (TPSA) is 110 Å². The van der Waals surface area contributed by atoms with E-state index in [-0.39, 0.29) is 11.3 Å². The molecule has 0 aromatic heterocycles. The van der Waals surface area contributed by atoms with Crippen LogP contribution in [0.4, 0.5) is 11.4 Å². The standard InChI is InChI=1S/C27H22N2O6/c1-2-35-22-14-12-20(13-15-22)28-25(19-9-6-10-21(17-19)29(33)34)24(26(31)27(28)32)23(30)16-11-18-7-4-3-5-8-18/h3-17,25,31H,2H2,1H3. The van der Waals surface area contributed by atoms with E-state index in [0.717, 1.165) is 5.56 Å². The maximum Gasteiger partial charge on any atom is 0.294 e. The number of allylic oxidation sites excluding steroid dienone is 1. The molecule has 35 heavy (non-hydrogen) atoms. The number of carbonyl (C=O) groups excluding carboxylic acids is 2. The molecule has 1 N–H and O–H groups in total. The van der Waals surface area contributed by atoms with Crippen LogP contribution < -0.4 is 9.64 Å². The first kappa shape index (κ1) is 23.4. The molecule has 8 nitrogen and oxygen atoms in total. The van der Waals surface area contributed by atoms with Gasteiger partial charge in [0.1, 0.15) is 5.75 Å². The van der Waals surface area contributed by atoms with Crippen molar-refractivity contribution in [3.63, 3.8) is 0 Å². The Morgan fingerprint density at radius 2 is 1.80 bits per heavy atom. The predicted octanol–water partition coefficient (Wildman–Crippen LogP) is 5.18. The van der Waals surface area contributed by atoms with E-state index in [4.69, 9.17) is 4.74 Å². The number of ketones is 1. The maximum absolute atomic E-state index is 13.3. The highest BCUT2D eigenvalue weighted by Crippen LogP contribution is 2.42. The number of benzene rings is 3. The Morgan fingerprint density at radius 1 is 1.09 bits per heavy atom. The van der Waals surface area contributed by atoms with Crippen molar-refractivity contribution in [1.29, 1.82) is 0 Å². The van der Waals surface area contributed by atoms with Crippen LogP contribution >= 0.6 is 0 Å². The van der Waals surface area contributed by atoms with Crippen LogP contribution in [0.1, 0.15) is 24.1 Å². The second kappa shape index (κ2) is 10.0. The van der Waals surface area contributed by atoms with Crippen LogP contribution in [-0.2, 0) is 9.59 Å². The summed E-state index contributed by atoms with van der Waals surface area (Å²) in [6, 6.07) is 20.3. The van der Waals surface area contributed by atoms with E-state index in [1.165, 1.54) is 29.2 Å². The van der Waals surface area contributed by atoms with Gasteiger partial charge < -0.3 is 9.84 Å². The Balaban J connectivity index is 1.79. The van der Waals surface area contributed by atoms with E-state index in [1.807, 2.05) is 37.3 Å². The van der Waals surface area contributed by atoms with Gasteiger partial charge in [0.05, 0.1) is 23.1 Å². The lowest BCUT2D eigenvalue weighted by Crippen LogP contribution is -2.30. The molecule has 1 aliphatic heterocycles. The average Bonchev–Trinajstić information content (AvgIpc) is 3.14. The summed E-state index contributed by atoms with van der Waals surface area (Å²) < 4.78 is 5.46. The number of hydrogen-bond acceptors (Lipinski definition) is 6. The third-order valence-electron chi connectivity index (χ3n) is 5.52. The number of amides is 1. The van der Waals surface area contributed by atoms with E-state index in [1.54, 1.807) is 36.4 Å². The minimum Gasteiger partial charge on any atom is -0.503 e. The molecule has 0 radical (unpaired) electrons. The Bertz CT molecular complexity index is 1330. The minimum atomic E-state index is -1.06. The largest absolute Gasteiger partial charge is 0.503 e. The fourth-order valence-corrected chi connectivity index (χ4v) is 3.94. The summed E-state index contributed by atoms with van der Waals surface area (Å²) in [4.78, 5) is 38.5. The summed E-state index contributed by atoms with van der Waals surface area (Å²) >= 11 is 0. The van der Waals surface area contributed by atoms with Crippen LogP contribution in [0.3, 0.4) is 0 Å². The molecular weight excluding hydrogens is 448 g/mol. The van der Waals surface area contributed by atoms with E-state index < -0.39 is 28.4 Å². The van der Waals surface area contributed by atoms with Gasteiger partial charge in [-0.05, 0) is 48.4 Å². The minimum absolute atomic E-state index is 0.156. The van der Waals surface area contributed by atoms with Gasteiger partial charge in [-0.25, -0.2) is 0 Å². The zero-order valence-corrected chi connectivity index (χ0v) is 18.8. The SMILES string of the molecule is CCOc1ccc(N2C(=O)C(O)=C(C(=O)C=Cc3ccccc3)C2c2cccc([N+](=O)[O-])c2)cc1. The van der Waals surface area contributed by atoms with E-state index in [9.17, 15) is 24.8 Å². The number of non-ortho nitro benzene ring substituents is 1. The zero-order chi connectivity index (χ0) is 24.9. The second-order valence-electron chi connectivity index (χ2n) is 7.73. The van der Waals surface area contributed by atoms with Crippen LogP contribution in [0.2, 0.25) is 0 Å². The highest BCUT2D eigenvalue weighted by atomic mass is 16.6. The molecule has 1 amide bonds. The fraction of sp³-hybridized carbons (Fsp3) is 0.111. The molecule has 176 valence electrons. The van der Waals surface area contributed by atoms with Gasteiger partial charge in [0.2, 0.25) is 0 Å². The fourth-order valence-electron chi connectivity index (χ4n) is 3.94.